The Labute approximate surface area is 133 Å². The average Bonchev–Trinajstić information content (AvgIpc) is 2.51. The topological polar surface area (TPSA) is 95.9 Å². The Hall–Kier alpha value is -3.02. The third-order valence-electron chi connectivity index (χ3n) is 3.09. The molecule has 1 amide bonds. The highest BCUT2D eigenvalue weighted by Gasteiger charge is 2.11. The zero-order valence-corrected chi connectivity index (χ0v) is 12.6. The number of hydrogen-bond donors (Lipinski definition) is 3. The zero-order chi connectivity index (χ0) is 16.8. The molecule has 0 aliphatic heterocycles. The van der Waals surface area contributed by atoms with Crippen molar-refractivity contribution in [2.24, 2.45) is 0 Å². The summed E-state index contributed by atoms with van der Waals surface area (Å²) in [5.41, 5.74) is 1.05. The highest BCUT2D eigenvalue weighted by atomic mass is 16.5. The lowest BCUT2D eigenvalue weighted by Crippen LogP contribution is -2.12. The van der Waals surface area contributed by atoms with E-state index in [1.54, 1.807) is 24.3 Å². The lowest BCUT2D eigenvalue weighted by atomic mass is 10.1. The second-order valence-corrected chi connectivity index (χ2v) is 4.83. The minimum absolute atomic E-state index is 0.126. The first-order chi connectivity index (χ1) is 11.0. The number of carboxylic acids is 1. The fourth-order valence-electron chi connectivity index (χ4n) is 2.03. The van der Waals surface area contributed by atoms with E-state index in [0.29, 0.717) is 23.5 Å². The van der Waals surface area contributed by atoms with Crippen LogP contribution in [0.4, 0.5) is 5.69 Å². The van der Waals surface area contributed by atoms with Crippen molar-refractivity contribution in [2.75, 3.05) is 11.9 Å². The number of carboxylic acid groups (broad SMARTS) is 1. The van der Waals surface area contributed by atoms with E-state index in [0.717, 1.165) is 0 Å². The van der Waals surface area contributed by atoms with E-state index in [1.807, 2.05) is 6.92 Å². The first-order valence-electron chi connectivity index (χ1n) is 7.07. The summed E-state index contributed by atoms with van der Waals surface area (Å²) in [5.74, 6) is -0.857. The summed E-state index contributed by atoms with van der Waals surface area (Å²) < 4.78 is 5.30. The zero-order valence-electron chi connectivity index (χ0n) is 12.6. The van der Waals surface area contributed by atoms with E-state index in [2.05, 4.69) is 5.32 Å². The fraction of sp³-hybridized carbons (Fsp3) is 0.176. The molecule has 0 aromatic heterocycles. The van der Waals surface area contributed by atoms with Crippen LogP contribution in [0.5, 0.6) is 11.5 Å². The number of benzene rings is 2. The standard InChI is InChI=1S/C17H17NO5/c1-2-23-13-6-4-12(5-7-13)17(22)18-14-9-11(10-16(20)21)3-8-15(14)19/h3-9,19H,2,10H2,1H3,(H,18,22)(H,20,21). The third-order valence-corrected chi connectivity index (χ3v) is 3.09. The van der Waals surface area contributed by atoms with Crippen LogP contribution in [0.3, 0.4) is 0 Å². The van der Waals surface area contributed by atoms with E-state index < -0.39 is 11.9 Å². The molecule has 0 saturated carbocycles. The Morgan fingerprint density at radius 3 is 2.43 bits per heavy atom. The minimum atomic E-state index is -0.987. The van der Waals surface area contributed by atoms with Gasteiger partial charge in [-0.15, -0.1) is 0 Å². The SMILES string of the molecule is CCOc1ccc(C(=O)Nc2cc(CC(=O)O)ccc2O)cc1. The van der Waals surface area contributed by atoms with Crippen molar-refractivity contribution in [1.29, 1.82) is 0 Å². The highest BCUT2D eigenvalue weighted by Crippen LogP contribution is 2.25. The third kappa shape index (κ3) is 4.47. The van der Waals surface area contributed by atoms with Gasteiger partial charge in [-0.25, -0.2) is 0 Å². The van der Waals surface area contributed by atoms with E-state index in [1.165, 1.54) is 18.2 Å². The number of anilines is 1. The van der Waals surface area contributed by atoms with Crippen molar-refractivity contribution in [1.82, 2.24) is 0 Å². The average molecular weight is 315 g/mol. The van der Waals surface area contributed by atoms with Crippen LogP contribution in [0.25, 0.3) is 0 Å². The van der Waals surface area contributed by atoms with Crippen molar-refractivity contribution >= 4 is 17.6 Å². The number of phenols is 1. The summed E-state index contributed by atoms with van der Waals surface area (Å²) in [6, 6.07) is 10.9. The molecular formula is C17H17NO5. The monoisotopic (exact) mass is 315 g/mol. The van der Waals surface area contributed by atoms with Gasteiger partial charge in [-0.1, -0.05) is 6.07 Å². The van der Waals surface area contributed by atoms with Crippen LogP contribution in [0.15, 0.2) is 42.5 Å². The molecule has 2 aromatic rings. The van der Waals surface area contributed by atoms with Gasteiger partial charge in [0.1, 0.15) is 11.5 Å². The van der Waals surface area contributed by atoms with Crippen molar-refractivity contribution < 1.29 is 24.5 Å². The van der Waals surface area contributed by atoms with Gasteiger partial charge in [0.05, 0.1) is 18.7 Å². The van der Waals surface area contributed by atoms with Gasteiger partial charge in [-0.3, -0.25) is 9.59 Å². The first kappa shape index (κ1) is 16.4. The number of aliphatic carboxylic acids is 1. The van der Waals surface area contributed by atoms with Gasteiger partial charge in [-0.2, -0.15) is 0 Å². The summed E-state index contributed by atoms with van der Waals surface area (Å²) in [4.78, 5) is 22.9. The number of nitrogens with one attached hydrogen (secondary N) is 1. The molecule has 0 aliphatic carbocycles. The summed E-state index contributed by atoms with van der Waals surface area (Å²) in [6.07, 6.45) is -0.188. The van der Waals surface area contributed by atoms with Gasteiger partial charge in [0, 0.05) is 5.56 Å². The van der Waals surface area contributed by atoms with E-state index in [4.69, 9.17) is 9.84 Å². The lowest BCUT2D eigenvalue weighted by Gasteiger charge is -2.09. The fourth-order valence-corrected chi connectivity index (χ4v) is 2.03. The molecule has 3 N–H and O–H groups in total. The number of carbonyl (C=O) groups excluding carboxylic acids is 1. The molecule has 0 unspecified atom stereocenters. The van der Waals surface area contributed by atoms with Crippen molar-refractivity contribution in [3.05, 3.63) is 53.6 Å². The predicted octanol–water partition coefficient (Wildman–Crippen LogP) is 2.67. The van der Waals surface area contributed by atoms with Crippen LogP contribution in [0.2, 0.25) is 0 Å². The minimum Gasteiger partial charge on any atom is -0.506 e. The Morgan fingerprint density at radius 2 is 1.83 bits per heavy atom. The molecule has 0 aliphatic rings. The largest absolute Gasteiger partial charge is 0.506 e. The highest BCUT2D eigenvalue weighted by molar-refractivity contribution is 6.05. The second kappa shape index (κ2) is 7.31. The van der Waals surface area contributed by atoms with Crippen LogP contribution in [-0.2, 0) is 11.2 Å². The summed E-state index contributed by atoms with van der Waals surface area (Å²) in [6.45, 7) is 2.41. The molecular weight excluding hydrogens is 298 g/mol. The van der Waals surface area contributed by atoms with Gasteiger partial charge in [0.25, 0.3) is 5.91 Å². The lowest BCUT2D eigenvalue weighted by molar-refractivity contribution is -0.136. The molecule has 0 bridgehead atoms. The maximum atomic E-state index is 12.2. The molecule has 0 saturated heterocycles. The molecule has 2 aromatic carbocycles. The Kier molecular flexibility index (Phi) is 5.19. The maximum absolute atomic E-state index is 12.2. The number of aromatic hydroxyl groups is 1. The maximum Gasteiger partial charge on any atom is 0.307 e. The van der Waals surface area contributed by atoms with Gasteiger partial charge in [0.2, 0.25) is 0 Å². The van der Waals surface area contributed by atoms with Crippen molar-refractivity contribution in [3.8, 4) is 11.5 Å². The molecule has 2 rings (SSSR count). The molecule has 0 fully saturated rings. The number of phenolic OH excluding ortho intramolecular Hbond substituents is 1. The predicted molar refractivity (Wildman–Crippen MR) is 85.0 cm³/mol. The number of ether oxygens (including phenoxy) is 1. The molecule has 6 heteroatoms. The van der Waals surface area contributed by atoms with Gasteiger partial charge in [-0.05, 0) is 48.9 Å². The Morgan fingerprint density at radius 1 is 1.13 bits per heavy atom. The molecule has 6 nitrogen and oxygen atoms in total. The van der Waals surface area contributed by atoms with E-state index in [-0.39, 0.29) is 17.9 Å². The smallest absolute Gasteiger partial charge is 0.307 e. The first-order valence-corrected chi connectivity index (χ1v) is 7.07. The summed E-state index contributed by atoms with van der Waals surface area (Å²) in [5, 5.41) is 21.2. The molecule has 120 valence electrons. The second-order valence-electron chi connectivity index (χ2n) is 4.83. The molecule has 23 heavy (non-hydrogen) atoms. The Bertz CT molecular complexity index is 709. The number of amides is 1. The van der Waals surface area contributed by atoms with Crippen LogP contribution < -0.4 is 10.1 Å². The summed E-state index contributed by atoms with van der Waals surface area (Å²) >= 11 is 0. The Balaban J connectivity index is 2.14. The quantitative estimate of drug-likeness (QED) is 0.712. The summed E-state index contributed by atoms with van der Waals surface area (Å²) in [7, 11) is 0. The van der Waals surface area contributed by atoms with Crippen LogP contribution in [0, 0.1) is 0 Å². The van der Waals surface area contributed by atoms with Crippen molar-refractivity contribution in [3.63, 3.8) is 0 Å². The molecule has 0 radical (unpaired) electrons. The van der Waals surface area contributed by atoms with Gasteiger partial charge in [0.15, 0.2) is 0 Å². The van der Waals surface area contributed by atoms with E-state index >= 15 is 0 Å². The molecule has 0 heterocycles. The normalized spacial score (nSPS) is 10.1. The van der Waals surface area contributed by atoms with E-state index in [9.17, 15) is 14.7 Å². The molecule has 0 spiro atoms. The number of hydrogen-bond acceptors (Lipinski definition) is 4. The van der Waals surface area contributed by atoms with Crippen LogP contribution in [0.1, 0.15) is 22.8 Å². The van der Waals surface area contributed by atoms with Gasteiger partial charge >= 0.3 is 5.97 Å². The molecule has 0 atom stereocenters. The number of rotatable bonds is 6. The van der Waals surface area contributed by atoms with Crippen molar-refractivity contribution in [2.45, 2.75) is 13.3 Å². The van der Waals surface area contributed by atoms with Crippen LogP contribution >= 0.6 is 0 Å². The van der Waals surface area contributed by atoms with Gasteiger partial charge < -0.3 is 20.3 Å². The van der Waals surface area contributed by atoms with Crippen LogP contribution in [-0.4, -0.2) is 28.7 Å². The number of carbonyl (C=O) groups is 2.